The molecule has 0 aliphatic rings. The lowest BCUT2D eigenvalue weighted by Gasteiger charge is -2.33. The molecule has 0 bridgehead atoms. The molecule has 116 valence electrons. The molecule has 1 heterocycles. The van der Waals surface area contributed by atoms with Gasteiger partial charge in [0.05, 0.1) is 15.7 Å². The van der Waals surface area contributed by atoms with Crippen LogP contribution in [0.5, 0.6) is 0 Å². The lowest BCUT2D eigenvalue weighted by atomic mass is 9.87. The largest absolute Gasteiger partial charge is 0.336 e. The number of nitrogens with zero attached hydrogens (tertiary/aromatic N) is 1. The number of benzene rings is 2. The second kappa shape index (κ2) is 6.52. The van der Waals surface area contributed by atoms with E-state index in [1.165, 1.54) is 24.3 Å². The number of H-pyrrole nitrogens is 1. The van der Waals surface area contributed by atoms with Crippen molar-refractivity contribution in [3.05, 3.63) is 87.0 Å². The first kappa shape index (κ1) is 16.3. The summed E-state index contributed by atoms with van der Waals surface area (Å²) in [6, 6.07) is 12.9. The van der Waals surface area contributed by atoms with Gasteiger partial charge in [-0.05, 0) is 58.0 Å². The molecule has 0 amide bonds. The van der Waals surface area contributed by atoms with Gasteiger partial charge in [-0.1, -0.05) is 30.8 Å². The molecular weight excluding hydrogens is 425 g/mol. The summed E-state index contributed by atoms with van der Waals surface area (Å²) in [6.07, 6.45) is 1.80. The fourth-order valence-electron chi connectivity index (χ4n) is 2.79. The van der Waals surface area contributed by atoms with Gasteiger partial charge in [-0.3, -0.25) is 0 Å². The zero-order valence-electron chi connectivity index (χ0n) is 12.3. The van der Waals surface area contributed by atoms with Crippen molar-refractivity contribution in [2.75, 3.05) is 0 Å². The average molecular weight is 438 g/mol. The maximum atomic E-state index is 13.4. The maximum Gasteiger partial charge on any atom is 0.168 e. The molecule has 2 aromatic carbocycles. The van der Waals surface area contributed by atoms with Gasteiger partial charge in [-0.2, -0.15) is 0 Å². The summed E-state index contributed by atoms with van der Waals surface area (Å²) in [4.78, 5) is 7.59. The van der Waals surface area contributed by atoms with E-state index >= 15 is 0 Å². The molecule has 0 atom stereocenters. The molecule has 2 radical (unpaired) electrons. The van der Waals surface area contributed by atoms with Crippen LogP contribution in [0.1, 0.15) is 16.8 Å². The summed E-state index contributed by atoms with van der Waals surface area (Å²) >= 11 is 2.12. The number of imidazole rings is 1. The normalized spacial score (nSPS) is 11.7. The highest BCUT2D eigenvalue weighted by molar-refractivity contribution is 14.1. The first-order valence-corrected chi connectivity index (χ1v) is 9.56. The van der Waals surface area contributed by atoms with Gasteiger partial charge in [0.2, 0.25) is 0 Å². The van der Waals surface area contributed by atoms with Crippen LogP contribution in [-0.2, 0) is 5.04 Å². The van der Waals surface area contributed by atoms with Crippen molar-refractivity contribution in [1.82, 2.24) is 9.97 Å². The SMILES string of the molecule is C[Si]C(c1ccc(F)cc1)(c1ccc(F)cc1)c1cnc(I)[nH]1. The number of hydrogen-bond acceptors (Lipinski definition) is 1. The molecule has 23 heavy (non-hydrogen) atoms. The summed E-state index contributed by atoms with van der Waals surface area (Å²) < 4.78 is 27.5. The Bertz CT molecular complexity index is 755. The molecule has 0 saturated carbocycles. The van der Waals surface area contributed by atoms with Crippen LogP contribution >= 0.6 is 22.6 Å². The summed E-state index contributed by atoms with van der Waals surface area (Å²) in [7, 11) is 0.439. The fraction of sp³-hybridized carbons (Fsp3) is 0.118. The Morgan fingerprint density at radius 1 is 0.957 bits per heavy atom. The summed E-state index contributed by atoms with van der Waals surface area (Å²) in [5, 5.41) is -0.502. The average Bonchev–Trinajstić information content (AvgIpc) is 2.99. The van der Waals surface area contributed by atoms with E-state index in [9.17, 15) is 8.78 Å². The predicted molar refractivity (Wildman–Crippen MR) is 95.6 cm³/mol. The molecule has 0 unspecified atom stereocenters. The highest BCUT2D eigenvalue weighted by Crippen LogP contribution is 2.37. The van der Waals surface area contributed by atoms with Gasteiger partial charge in [-0.25, -0.2) is 13.8 Å². The molecule has 0 saturated heterocycles. The number of halogens is 3. The molecule has 2 nitrogen and oxygen atoms in total. The standard InChI is InChI=1S/C17H13F2IN2Si/c1-23-17(15-10-21-16(20)22-15,11-2-6-13(18)7-3-11)12-4-8-14(19)9-5-12/h2-10H,1H3,(H,21,22). The monoisotopic (exact) mass is 438 g/mol. The lowest BCUT2D eigenvalue weighted by Crippen LogP contribution is -2.35. The smallest absolute Gasteiger partial charge is 0.168 e. The third-order valence-electron chi connectivity index (χ3n) is 3.88. The van der Waals surface area contributed by atoms with Crippen molar-refractivity contribution < 1.29 is 8.78 Å². The van der Waals surface area contributed by atoms with Crippen molar-refractivity contribution in [3.63, 3.8) is 0 Å². The number of aromatic nitrogens is 2. The van der Waals surface area contributed by atoms with Crippen molar-refractivity contribution in [2.45, 2.75) is 11.6 Å². The predicted octanol–water partition coefficient (Wildman–Crippen LogP) is 4.34. The van der Waals surface area contributed by atoms with Crippen LogP contribution in [-0.4, -0.2) is 19.5 Å². The quantitative estimate of drug-likeness (QED) is 0.477. The van der Waals surface area contributed by atoms with Gasteiger partial charge in [0, 0.05) is 10.7 Å². The van der Waals surface area contributed by atoms with E-state index in [0.717, 1.165) is 20.7 Å². The molecule has 1 N–H and O–H groups in total. The van der Waals surface area contributed by atoms with Crippen LogP contribution in [0.15, 0.2) is 54.7 Å². The Balaban J connectivity index is 2.27. The minimum atomic E-state index is -0.502. The van der Waals surface area contributed by atoms with Crippen LogP contribution in [0, 0.1) is 15.5 Å². The van der Waals surface area contributed by atoms with Gasteiger partial charge >= 0.3 is 0 Å². The summed E-state index contributed by atoms with van der Waals surface area (Å²) in [6.45, 7) is 2.08. The van der Waals surface area contributed by atoms with Crippen LogP contribution in [0.4, 0.5) is 8.78 Å². The van der Waals surface area contributed by atoms with Crippen LogP contribution in [0.3, 0.4) is 0 Å². The Morgan fingerprint density at radius 3 is 1.78 bits per heavy atom. The minimum absolute atomic E-state index is 0.277. The topological polar surface area (TPSA) is 28.7 Å². The van der Waals surface area contributed by atoms with Gasteiger partial charge < -0.3 is 4.98 Å². The number of nitrogens with one attached hydrogen (secondary N) is 1. The first-order chi connectivity index (χ1) is 11.1. The van der Waals surface area contributed by atoms with E-state index in [2.05, 4.69) is 39.1 Å². The third-order valence-corrected chi connectivity index (χ3v) is 6.02. The molecule has 6 heteroatoms. The Morgan fingerprint density at radius 2 is 1.43 bits per heavy atom. The first-order valence-electron chi connectivity index (χ1n) is 6.98. The van der Waals surface area contributed by atoms with Crippen LogP contribution in [0.2, 0.25) is 6.55 Å². The van der Waals surface area contributed by atoms with E-state index in [1.807, 2.05) is 0 Å². The van der Waals surface area contributed by atoms with E-state index in [-0.39, 0.29) is 11.6 Å². The molecule has 0 aliphatic carbocycles. The van der Waals surface area contributed by atoms with Gasteiger partial charge in [0.25, 0.3) is 0 Å². The number of hydrogen-bond donors (Lipinski definition) is 1. The van der Waals surface area contributed by atoms with Crippen molar-refractivity contribution in [1.29, 1.82) is 0 Å². The van der Waals surface area contributed by atoms with E-state index in [4.69, 9.17) is 0 Å². The van der Waals surface area contributed by atoms with Crippen LogP contribution < -0.4 is 0 Å². The molecule has 0 aliphatic heterocycles. The molecule has 0 spiro atoms. The molecule has 3 aromatic rings. The molecule has 3 rings (SSSR count). The Labute approximate surface area is 149 Å². The van der Waals surface area contributed by atoms with Crippen molar-refractivity contribution in [3.8, 4) is 0 Å². The number of rotatable bonds is 4. The second-order valence-electron chi connectivity index (χ2n) is 5.10. The van der Waals surface area contributed by atoms with E-state index in [0.29, 0.717) is 9.52 Å². The lowest BCUT2D eigenvalue weighted by molar-refractivity contribution is 0.624. The highest BCUT2D eigenvalue weighted by atomic mass is 127. The molecular formula is C17H13F2IN2Si. The highest BCUT2D eigenvalue weighted by Gasteiger charge is 2.36. The van der Waals surface area contributed by atoms with Gasteiger partial charge in [0.15, 0.2) is 3.83 Å². The second-order valence-corrected chi connectivity index (χ2v) is 7.37. The van der Waals surface area contributed by atoms with Crippen molar-refractivity contribution in [2.24, 2.45) is 0 Å². The fourth-order valence-corrected chi connectivity index (χ4v) is 4.53. The van der Waals surface area contributed by atoms with Gasteiger partial charge in [-0.15, -0.1) is 0 Å². The zero-order chi connectivity index (χ0) is 16.4. The minimum Gasteiger partial charge on any atom is -0.336 e. The number of aromatic amines is 1. The molecule has 0 fully saturated rings. The zero-order valence-corrected chi connectivity index (χ0v) is 15.4. The summed E-state index contributed by atoms with van der Waals surface area (Å²) in [5.74, 6) is -0.555. The van der Waals surface area contributed by atoms with E-state index < -0.39 is 5.04 Å². The maximum absolute atomic E-state index is 13.4. The van der Waals surface area contributed by atoms with Crippen molar-refractivity contribution >= 4 is 32.1 Å². The van der Waals surface area contributed by atoms with Crippen LogP contribution in [0.25, 0.3) is 0 Å². The van der Waals surface area contributed by atoms with Gasteiger partial charge in [0.1, 0.15) is 11.6 Å². The third kappa shape index (κ3) is 2.97. The van der Waals surface area contributed by atoms with E-state index in [1.54, 1.807) is 30.5 Å². The summed E-state index contributed by atoms with van der Waals surface area (Å²) in [5.41, 5.74) is 2.82. The Hall–Kier alpha value is -1.54. The molecule has 1 aromatic heterocycles. The Kier molecular flexibility index (Phi) is 4.63.